The Morgan fingerprint density at radius 2 is 2.25 bits per heavy atom. The summed E-state index contributed by atoms with van der Waals surface area (Å²) >= 11 is 0. The van der Waals surface area contributed by atoms with Crippen molar-refractivity contribution in [1.29, 1.82) is 0 Å². The van der Waals surface area contributed by atoms with E-state index in [1.807, 2.05) is 7.05 Å². The van der Waals surface area contributed by atoms with Crippen molar-refractivity contribution in [2.75, 3.05) is 7.05 Å². The van der Waals surface area contributed by atoms with Crippen LogP contribution in [0.25, 0.3) is 0 Å². The molecule has 88 valence electrons. The van der Waals surface area contributed by atoms with E-state index in [2.05, 4.69) is 10.3 Å². The molecule has 0 radical (unpaired) electrons. The average Bonchev–Trinajstić information content (AvgIpc) is 2.33. The molecule has 2 rings (SSSR count). The molecular weight excluding hydrogens is 207 g/mol. The molecule has 1 N–H and O–H groups in total. The number of nitrogens with zero attached hydrogens (tertiary/aromatic N) is 1. The van der Waals surface area contributed by atoms with Gasteiger partial charge in [-0.3, -0.25) is 0 Å². The van der Waals surface area contributed by atoms with E-state index in [0.717, 1.165) is 19.3 Å². The molecule has 0 aromatic carbocycles. The van der Waals surface area contributed by atoms with E-state index in [0.29, 0.717) is 6.04 Å². The molecule has 0 amide bonds. The van der Waals surface area contributed by atoms with Gasteiger partial charge in [0.25, 0.3) is 5.88 Å². The monoisotopic (exact) mass is 224 g/mol. The molecule has 1 saturated carbocycles. The van der Waals surface area contributed by atoms with E-state index in [4.69, 9.17) is 4.74 Å². The lowest BCUT2D eigenvalue weighted by Crippen LogP contribution is -2.43. The second kappa shape index (κ2) is 5.25. The van der Waals surface area contributed by atoms with Crippen molar-refractivity contribution >= 4 is 0 Å². The van der Waals surface area contributed by atoms with Crippen molar-refractivity contribution in [3.63, 3.8) is 0 Å². The first-order chi connectivity index (χ1) is 7.81. The van der Waals surface area contributed by atoms with Crippen LogP contribution in [0.4, 0.5) is 4.39 Å². The molecule has 1 aromatic rings. The van der Waals surface area contributed by atoms with E-state index in [-0.39, 0.29) is 17.8 Å². The third-order valence-electron chi connectivity index (χ3n) is 3.06. The zero-order chi connectivity index (χ0) is 11.4. The van der Waals surface area contributed by atoms with Crippen molar-refractivity contribution in [2.24, 2.45) is 0 Å². The molecule has 0 spiro atoms. The molecule has 16 heavy (non-hydrogen) atoms. The van der Waals surface area contributed by atoms with Gasteiger partial charge in [0.15, 0.2) is 5.82 Å². The van der Waals surface area contributed by atoms with Gasteiger partial charge >= 0.3 is 0 Å². The van der Waals surface area contributed by atoms with Crippen LogP contribution >= 0.6 is 0 Å². The molecule has 1 aliphatic rings. The summed E-state index contributed by atoms with van der Waals surface area (Å²) in [5.74, 6) is -0.266. The molecule has 2 atom stereocenters. The summed E-state index contributed by atoms with van der Waals surface area (Å²) in [6, 6.07) is 3.24. The summed E-state index contributed by atoms with van der Waals surface area (Å²) in [6.07, 6.45) is 5.96. The van der Waals surface area contributed by atoms with Crippen molar-refractivity contribution in [3.8, 4) is 5.88 Å². The third kappa shape index (κ3) is 2.50. The lowest BCUT2D eigenvalue weighted by Gasteiger charge is -2.31. The minimum absolute atomic E-state index is 0.0307. The maximum atomic E-state index is 13.4. The van der Waals surface area contributed by atoms with Gasteiger partial charge in [0, 0.05) is 12.2 Å². The van der Waals surface area contributed by atoms with Crippen molar-refractivity contribution in [2.45, 2.75) is 37.8 Å². The first-order valence-corrected chi connectivity index (χ1v) is 5.75. The smallest absolute Gasteiger partial charge is 0.250 e. The first-order valence-electron chi connectivity index (χ1n) is 5.75. The van der Waals surface area contributed by atoms with Gasteiger partial charge in [0.05, 0.1) is 0 Å². The van der Waals surface area contributed by atoms with Crippen LogP contribution in [0, 0.1) is 5.82 Å². The Kier molecular flexibility index (Phi) is 3.72. The molecule has 0 aliphatic heterocycles. The number of hydrogen-bond donors (Lipinski definition) is 1. The second-order valence-electron chi connectivity index (χ2n) is 4.13. The number of hydrogen-bond acceptors (Lipinski definition) is 3. The fourth-order valence-electron chi connectivity index (χ4n) is 2.17. The molecule has 1 aromatic heterocycles. The lowest BCUT2D eigenvalue weighted by atomic mass is 9.92. The molecule has 3 nitrogen and oxygen atoms in total. The molecule has 4 heteroatoms. The van der Waals surface area contributed by atoms with Crippen molar-refractivity contribution in [1.82, 2.24) is 10.3 Å². The Bertz CT molecular complexity index is 346. The number of ether oxygens (including phenoxy) is 1. The highest BCUT2D eigenvalue weighted by Crippen LogP contribution is 2.23. The number of aromatic nitrogens is 1. The van der Waals surface area contributed by atoms with Gasteiger partial charge < -0.3 is 10.1 Å². The fourth-order valence-corrected chi connectivity index (χ4v) is 2.17. The second-order valence-corrected chi connectivity index (χ2v) is 4.13. The van der Waals surface area contributed by atoms with E-state index in [9.17, 15) is 4.39 Å². The lowest BCUT2D eigenvalue weighted by molar-refractivity contribution is 0.107. The van der Waals surface area contributed by atoms with Gasteiger partial charge in [0.2, 0.25) is 0 Å². The van der Waals surface area contributed by atoms with Crippen LogP contribution in [0.2, 0.25) is 0 Å². The number of rotatable bonds is 3. The van der Waals surface area contributed by atoms with E-state index in [1.54, 1.807) is 12.3 Å². The standard InChI is InChI=1S/C12H17FN2O/c1-14-10-6-2-3-7-11(10)16-12-9(13)5-4-8-15-12/h4-5,8,10-11,14H,2-3,6-7H2,1H3. The Morgan fingerprint density at radius 3 is 3.00 bits per heavy atom. The summed E-state index contributed by atoms with van der Waals surface area (Å²) in [5.41, 5.74) is 0. The van der Waals surface area contributed by atoms with Crippen LogP contribution in [0.15, 0.2) is 18.3 Å². The number of nitrogens with one attached hydrogen (secondary N) is 1. The van der Waals surface area contributed by atoms with Gasteiger partial charge in [0.1, 0.15) is 6.10 Å². The first kappa shape index (κ1) is 11.3. The largest absolute Gasteiger partial charge is 0.471 e. The van der Waals surface area contributed by atoms with Gasteiger partial charge in [-0.1, -0.05) is 6.42 Å². The quantitative estimate of drug-likeness (QED) is 0.854. The van der Waals surface area contributed by atoms with E-state index < -0.39 is 0 Å². The zero-order valence-electron chi connectivity index (χ0n) is 9.45. The van der Waals surface area contributed by atoms with Crippen LogP contribution < -0.4 is 10.1 Å². The highest BCUT2D eigenvalue weighted by molar-refractivity contribution is 5.13. The fraction of sp³-hybridized carbons (Fsp3) is 0.583. The topological polar surface area (TPSA) is 34.1 Å². The maximum absolute atomic E-state index is 13.4. The molecule has 2 unspecified atom stereocenters. The van der Waals surface area contributed by atoms with E-state index in [1.165, 1.54) is 12.5 Å². The summed E-state index contributed by atoms with van der Waals surface area (Å²) in [6.45, 7) is 0. The minimum Gasteiger partial charge on any atom is -0.471 e. The molecule has 0 bridgehead atoms. The van der Waals surface area contributed by atoms with E-state index >= 15 is 0 Å². The zero-order valence-corrected chi connectivity index (χ0v) is 9.45. The normalized spacial score (nSPS) is 25.4. The Morgan fingerprint density at radius 1 is 1.44 bits per heavy atom. The highest BCUT2D eigenvalue weighted by atomic mass is 19.1. The minimum atomic E-state index is -0.386. The average molecular weight is 224 g/mol. The maximum Gasteiger partial charge on any atom is 0.250 e. The molecule has 0 saturated heterocycles. The van der Waals surface area contributed by atoms with Crippen molar-refractivity contribution < 1.29 is 9.13 Å². The number of pyridine rings is 1. The Balaban J connectivity index is 2.05. The van der Waals surface area contributed by atoms with Gasteiger partial charge in [-0.25, -0.2) is 9.37 Å². The third-order valence-corrected chi connectivity index (χ3v) is 3.06. The Hall–Kier alpha value is -1.16. The number of halogens is 1. The van der Waals surface area contributed by atoms with Gasteiger partial charge in [-0.2, -0.15) is 0 Å². The van der Waals surface area contributed by atoms with Crippen LogP contribution in [0.3, 0.4) is 0 Å². The number of likely N-dealkylation sites (N-methyl/N-ethyl adjacent to an activating group) is 1. The predicted octanol–water partition coefficient (Wildman–Crippen LogP) is 2.13. The van der Waals surface area contributed by atoms with Crippen LogP contribution in [-0.4, -0.2) is 24.2 Å². The van der Waals surface area contributed by atoms with Crippen molar-refractivity contribution in [3.05, 3.63) is 24.1 Å². The molecule has 1 fully saturated rings. The summed E-state index contributed by atoms with van der Waals surface area (Å²) < 4.78 is 19.0. The Labute approximate surface area is 95.0 Å². The SMILES string of the molecule is CNC1CCCCC1Oc1ncccc1F. The van der Waals surface area contributed by atoms with Crippen LogP contribution in [-0.2, 0) is 0 Å². The summed E-state index contributed by atoms with van der Waals surface area (Å²) in [7, 11) is 1.92. The molecule has 1 heterocycles. The van der Waals surface area contributed by atoms with Crippen LogP contribution in [0.1, 0.15) is 25.7 Å². The summed E-state index contributed by atoms with van der Waals surface area (Å²) in [5, 5.41) is 3.22. The van der Waals surface area contributed by atoms with Gasteiger partial charge in [-0.15, -0.1) is 0 Å². The molecular formula is C12H17FN2O. The highest BCUT2D eigenvalue weighted by Gasteiger charge is 2.26. The van der Waals surface area contributed by atoms with Gasteiger partial charge in [-0.05, 0) is 38.4 Å². The predicted molar refractivity (Wildman–Crippen MR) is 59.9 cm³/mol. The van der Waals surface area contributed by atoms with Crippen LogP contribution in [0.5, 0.6) is 5.88 Å². The summed E-state index contributed by atoms with van der Waals surface area (Å²) in [4.78, 5) is 3.92. The molecule has 1 aliphatic carbocycles.